The summed E-state index contributed by atoms with van der Waals surface area (Å²) in [7, 11) is 0. The Labute approximate surface area is 114 Å². The predicted molar refractivity (Wildman–Crippen MR) is 72.6 cm³/mol. The average molecular weight is 266 g/mol. The van der Waals surface area contributed by atoms with Crippen LogP contribution in [-0.2, 0) is 4.79 Å². The molecular weight excluding hydrogens is 244 g/mol. The van der Waals surface area contributed by atoms with E-state index in [1.165, 1.54) is 4.90 Å². The highest BCUT2D eigenvalue weighted by atomic mass is 16.4. The fraction of sp³-hybridized carbons (Fsp3) is 0.714. The van der Waals surface area contributed by atoms with E-state index in [1.54, 1.807) is 6.92 Å². The van der Waals surface area contributed by atoms with Gasteiger partial charge in [0.1, 0.15) is 5.54 Å². The minimum atomic E-state index is -1.14. The van der Waals surface area contributed by atoms with Crippen LogP contribution in [0.4, 0.5) is 4.79 Å². The van der Waals surface area contributed by atoms with Gasteiger partial charge in [-0.05, 0) is 32.1 Å². The van der Waals surface area contributed by atoms with Gasteiger partial charge >= 0.3 is 12.0 Å². The molecule has 1 heterocycles. The number of urea groups is 1. The third kappa shape index (κ3) is 3.19. The summed E-state index contributed by atoms with van der Waals surface area (Å²) in [4.78, 5) is 25.1. The summed E-state index contributed by atoms with van der Waals surface area (Å²) < 4.78 is 0. The summed E-state index contributed by atoms with van der Waals surface area (Å²) in [5, 5.41) is 12.1. The van der Waals surface area contributed by atoms with Crippen LogP contribution in [0.15, 0.2) is 0 Å². The Morgan fingerprint density at radius 3 is 2.53 bits per heavy atom. The second kappa shape index (κ2) is 5.96. The number of carbonyl (C=O) groups excluding carboxylic acids is 1. The Kier molecular flexibility index (Phi) is 4.82. The molecule has 0 spiro atoms. The van der Waals surface area contributed by atoms with Gasteiger partial charge in [-0.1, -0.05) is 19.8 Å². The molecule has 0 aromatic rings. The van der Waals surface area contributed by atoms with E-state index in [1.807, 2.05) is 13.8 Å². The number of carboxylic acids is 1. The number of carboxylic acid groups (broad SMARTS) is 1. The highest BCUT2D eigenvalue weighted by molar-refractivity contribution is 5.86. The van der Waals surface area contributed by atoms with Crippen LogP contribution in [0.25, 0.3) is 0 Å². The second-order valence-corrected chi connectivity index (χ2v) is 5.53. The Balaban J connectivity index is 2.84. The lowest BCUT2D eigenvalue weighted by Crippen LogP contribution is -2.61. The Morgan fingerprint density at radius 2 is 2.05 bits per heavy atom. The largest absolute Gasteiger partial charge is 0.480 e. The molecule has 0 aliphatic carbocycles. The van der Waals surface area contributed by atoms with Gasteiger partial charge in [-0.25, -0.2) is 9.59 Å². The van der Waals surface area contributed by atoms with Crippen molar-refractivity contribution in [3.8, 4) is 12.3 Å². The molecule has 2 unspecified atom stereocenters. The molecule has 0 aromatic carbocycles. The van der Waals surface area contributed by atoms with Crippen molar-refractivity contribution in [3.05, 3.63) is 0 Å². The lowest BCUT2D eigenvalue weighted by molar-refractivity contribution is -0.150. The highest BCUT2D eigenvalue weighted by Crippen LogP contribution is 2.28. The van der Waals surface area contributed by atoms with Gasteiger partial charge in [0.05, 0.1) is 6.04 Å². The number of likely N-dealkylation sites (tertiary alicyclic amines) is 1. The minimum absolute atomic E-state index is 0.106. The third-order valence-electron chi connectivity index (χ3n) is 3.72. The number of nitrogens with one attached hydrogen (secondary N) is 1. The molecule has 19 heavy (non-hydrogen) atoms. The van der Waals surface area contributed by atoms with Crippen molar-refractivity contribution in [1.82, 2.24) is 10.2 Å². The van der Waals surface area contributed by atoms with Crippen LogP contribution < -0.4 is 5.32 Å². The normalized spacial score (nSPS) is 24.7. The lowest BCUT2D eigenvalue weighted by atomic mass is 9.89. The minimum Gasteiger partial charge on any atom is -0.480 e. The van der Waals surface area contributed by atoms with E-state index >= 15 is 0 Å². The third-order valence-corrected chi connectivity index (χ3v) is 3.72. The van der Waals surface area contributed by atoms with Crippen molar-refractivity contribution in [2.24, 2.45) is 5.92 Å². The molecule has 1 fully saturated rings. The highest BCUT2D eigenvalue weighted by Gasteiger charge is 2.44. The molecule has 0 saturated carbocycles. The maximum atomic E-state index is 12.2. The molecule has 5 nitrogen and oxygen atoms in total. The molecule has 2 amide bonds. The number of carbonyl (C=O) groups is 2. The summed E-state index contributed by atoms with van der Waals surface area (Å²) >= 11 is 0. The standard InChI is InChI=1S/C14H22N2O3/c1-5-11(10(2)3)15-13(19)16-9-7-6-8-14(16,4)12(17)18/h1,10-11H,6-9H2,2-4H3,(H,15,19)(H,17,18). The molecule has 106 valence electrons. The van der Waals surface area contributed by atoms with Crippen molar-refractivity contribution in [1.29, 1.82) is 0 Å². The Bertz CT molecular complexity index is 400. The zero-order valence-corrected chi connectivity index (χ0v) is 11.8. The van der Waals surface area contributed by atoms with Gasteiger partial charge in [-0.15, -0.1) is 6.42 Å². The van der Waals surface area contributed by atoms with Crippen LogP contribution in [0.2, 0.25) is 0 Å². The van der Waals surface area contributed by atoms with Crippen molar-refractivity contribution in [3.63, 3.8) is 0 Å². The summed E-state index contributed by atoms with van der Waals surface area (Å²) in [6.07, 6.45) is 7.48. The molecule has 1 saturated heterocycles. The van der Waals surface area contributed by atoms with Gasteiger partial charge in [-0.2, -0.15) is 0 Å². The van der Waals surface area contributed by atoms with Crippen LogP contribution in [0.5, 0.6) is 0 Å². The van der Waals surface area contributed by atoms with Gasteiger partial charge < -0.3 is 15.3 Å². The second-order valence-electron chi connectivity index (χ2n) is 5.53. The number of terminal acetylenes is 1. The smallest absolute Gasteiger partial charge is 0.329 e. The average Bonchev–Trinajstić information content (AvgIpc) is 2.35. The van der Waals surface area contributed by atoms with Gasteiger partial charge in [0.25, 0.3) is 0 Å². The van der Waals surface area contributed by atoms with Gasteiger partial charge in [0.15, 0.2) is 0 Å². The first-order chi connectivity index (χ1) is 8.82. The summed E-state index contributed by atoms with van der Waals surface area (Å²) in [5.74, 6) is 1.66. The maximum Gasteiger partial charge on any atom is 0.329 e. The number of aliphatic carboxylic acids is 1. The number of piperidine rings is 1. The van der Waals surface area contributed by atoms with Gasteiger partial charge in [0, 0.05) is 6.54 Å². The van der Waals surface area contributed by atoms with Crippen LogP contribution >= 0.6 is 0 Å². The molecule has 0 radical (unpaired) electrons. The van der Waals surface area contributed by atoms with Gasteiger partial charge in [0.2, 0.25) is 0 Å². The molecule has 1 rings (SSSR count). The van der Waals surface area contributed by atoms with Crippen LogP contribution in [-0.4, -0.2) is 40.1 Å². The van der Waals surface area contributed by atoms with E-state index in [-0.39, 0.29) is 18.0 Å². The molecular formula is C14H22N2O3. The number of amides is 2. The summed E-state index contributed by atoms with van der Waals surface area (Å²) in [5.41, 5.74) is -1.14. The Morgan fingerprint density at radius 1 is 1.42 bits per heavy atom. The molecule has 0 aromatic heterocycles. The number of hydrogen-bond acceptors (Lipinski definition) is 2. The van der Waals surface area contributed by atoms with E-state index in [0.29, 0.717) is 13.0 Å². The first-order valence-electron chi connectivity index (χ1n) is 6.60. The topological polar surface area (TPSA) is 69.6 Å². The number of hydrogen-bond donors (Lipinski definition) is 2. The van der Waals surface area contributed by atoms with Gasteiger partial charge in [-0.3, -0.25) is 0 Å². The fourth-order valence-corrected chi connectivity index (χ4v) is 2.28. The van der Waals surface area contributed by atoms with E-state index in [2.05, 4.69) is 11.2 Å². The van der Waals surface area contributed by atoms with Crippen molar-refractivity contribution in [2.75, 3.05) is 6.54 Å². The van der Waals surface area contributed by atoms with Crippen molar-refractivity contribution < 1.29 is 14.7 Å². The van der Waals surface area contributed by atoms with E-state index < -0.39 is 11.5 Å². The molecule has 2 N–H and O–H groups in total. The van der Waals surface area contributed by atoms with Crippen molar-refractivity contribution in [2.45, 2.75) is 51.6 Å². The molecule has 0 bridgehead atoms. The zero-order valence-electron chi connectivity index (χ0n) is 11.8. The molecule has 5 heteroatoms. The zero-order chi connectivity index (χ0) is 14.6. The van der Waals surface area contributed by atoms with Crippen LogP contribution in [0.3, 0.4) is 0 Å². The Hall–Kier alpha value is -1.70. The van der Waals surface area contributed by atoms with E-state index in [9.17, 15) is 14.7 Å². The fourth-order valence-electron chi connectivity index (χ4n) is 2.28. The molecule has 2 atom stereocenters. The predicted octanol–water partition coefficient (Wildman–Crippen LogP) is 1.68. The lowest BCUT2D eigenvalue weighted by Gasteiger charge is -2.42. The first kappa shape index (κ1) is 15.4. The molecule has 1 aliphatic heterocycles. The van der Waals surface area contributed by atoms with Crippen LogP contribution in [0, 0.1) is 18.3 Å². The maximum absolute atomic E-state index is 12.2. The monoisotopic (exact) mass is 266 g/mol. The summed E-state index contributed by atoms with van der Waals surface area (Å²) in [6.45, 7) is 5.87. The first-order valence-corrected chi connectivity index (χ1v) is 6.60. The summed E-state index contributed by atoms with van der Waals surface area (Å²) in [6, 6.07) is -0.770. The van der Waals surface area contributed by atoms with Crippen molar-refractivity contribution >= 4 is 12.0 Å². The van der Waals surface area contributed by atoms with E-state index in [0.717, 1.165) is 12.8 Å². The SMILES string of the molecule is C#CC(NC(=O)N1CCCCC1(C)C(=O)O)C(C)C. The van der Waals surface area contributed by atoms with E-state index in [4.69, 9.17) is 6.42 Å². The number of nitrogens with zero attached hydrogens (tertiary/aromatic N) is 1. The number of rotatable bonds is 3. The van der Waals surface area contributed by atoms with Crippen LogP contribution in [0.1, 0.15) is 40.0 Å². The molecule has 1 aliphatic rings. The quantitative estimate of drug-likeness (QED) is 0.764.